The molecule has 0 unspecified atom stereocenters. The molecule has 0 N–H and O–H groups in total. The molecule has 0 aliphatic carbocycles. The average Bonchev–Trinajstić information content (AvgIpc) is 3.25. The van der Waals surface area contributed by atoms with Gasteiger partial charge in [-0.05, 0) is 19.4 Å². The second-order valence-electron chi connectivity index (χ2n) is 7.92. The Bertz CT molecular complexity index is 929. The Morgan fingerprint density at radius 2 is 2.10 bits per heavy atom. The van der Waals surface area contributed by atoms with Gasteiger partial charge in [-0.3, -0.25) is 4.90 Å². The first-order chi connectivity index (χ1) is 14.1. The molecule has 0 amide bonds. The van der Waals surface area contributed by atoms with Crippen LogP contribution < -0.4 is 9.64 Å². The van der Waals surface area contributed by atoms with Crippen LogP contribution in [0.15, 0.2) is 6.20 Å². The summed E-state index contributed by atoms with van der Waals surface area (Å²) in [5.74, 6) is -0.150. The number of hydrogen-bond donors (Lipinski definition) is 0. The summed E-state index contributed by atoms with van der Waals surface area (Å²) < 4.78 is 40.1. The standard InChI is InChI=1S/C19H22ClF2N5O2/c20-16-14(22)15-13(9-23-16)17(26-4-6-28-7-5-26)25-18(24-15)29-11-19-2-1-3-27(19)10-12(21)8-19/h9,12H,1-8,10-11H2/t12-,19+/m1/s1. The molecule has 2 aromatic heterocycles. The first-order valence-electron chi connectivity index (χ1n) is 9.92. The molecule has 0 spiro atoms. The summed E-state index contributed by atoms with van der Waals surface area (Å²) in [5, 5.41) is 0.234. The summed E-state index contributed by atoms with van der Waals surface area (Å²) in [6.45, 7) is 3.95. The maximum atomic E-state index is 14.7. The molecule has 3 saturated heterocycles. The minimum atomic E-state index is -0.845. The number of nitrogens with zero attached hydrogens (tertiary/aromatic N) is 5. The van der Waals surface area contributed by atoms with Gasteiger partial charge in [-0.25, -0.2) is 13.8 Å². The number of alkyl halides is 1. The molecule has 3 aliphatic rings. The van der Waals surface area contributed by atoms with Crippen molar-refractivity contribution < 1.29 is 18.3 Å². The molecule has 29 heavy (non-hydrogen) atoms. The highest BCUT2D eigenvalue weighted by Gasteiger charge is 2.49. The summed E-state index contributed by atoms with van der Waals surface area (Å²) in [5.41, 5.74) is -0.252. The molecule has 3 aliphatic heterocycles. The number of fused-ring (bicyclic) bond motifs is 2. The van der Waals surface area contributed by atoms with E-state index in [1.807, 2.05) is 4.90 Å². The van der Waals surface area contributed by atoms with E-state index in [2.05, 4.69) is 19.9 Å². The number of morpholine rings is 1. The van der Waals surface area contributed by atoms with Crippen molar-refractivity contribution in [1.82, 2.24) is 19.9 Å². The van der Waals surface area contributed by atoms with Crippen LogP contribution in [0.2, 0.25) is 5.15 Å². The van der Waals surface area contributed by atoms with Gasteiger partial charge in [0.25, 0.3) is 0 Å². The third kappa shape index (κ3) is 3.39. The van der Waals surface area contributed by atoms with E-state index in [1.54, 1.807) is 0 Å². The van der Waals surface area contributed by atoms with Gasteiger partial charge in [0.1, 0.15) is 24.1 Å². The van der Waals surface area contributed by atoms with Gasteiger partial charge in [-0.2, -0.15) is 9.97 Å². The second-order valence-corrected chi connectivity index (χ2v) is 8.28. The van der Waals surface area contributed by atoms with Gasteiger partial charge < -0.3 is 14.4 Å². The third-order valence-electron chi connectivity index (χ3n) is 6.14. The van der Waals surface area contributed by atoms with E-state index in [0.717, 1.165) is 19.4 Å². The number of anilines is 1. The van der Waals surface area contributed by atoms with E-state index in [-0.39, 0.29) is 28.8 Å². The van der Waals surface area contributed by atoms with E-state index in [9.17, 15) is 8.78 Å². The van der Waals surface area contributed by atoms with Crippen LogP contribution in [-0.4, -0.2) is 77.6 Å². The van der Waals surface area contributed by atoms with Crippen LogP contribution in [0.1, 0.15) is 19.3 Å². The van der Waals surface area contributed by atoms with E-state index in [1.165, 1.54) is 6.20 Å². The minimum absolute atomic E-state index is 0.0729. The Labute approximate surface area is 172 Å². The van der Waals surface area contributed by atoms with Crippen molar-refractivity contribution in [2.75, 3.05) is 50.9 Å². The van der Waals surface area contributed by atoms with E-state index in [4.69, 9.17) is 21.1 Å². The Kier molecular flexibility index (Phi) is 4.92. The lowest BCUT2D eigenvalue weighted by molar-refractivity contribution is 0.107. The Morgan fingerprint density at radius 3 is 2.93 bits per heavy atom. The normalized spacial score (nSPS) is 27.6. The smallest absolute Gasteiger partial charge is 0.319 e. The topological polar surface area (TPSA) is 63.6 Å². The molecular weight excluding hydrogens is 404 g/mol. The van der Waals surface area contributed by atoms with Crippen LogP contribution in [0, 0.1) is 5.82 Å². The van der Waals surface area contributed by atoms with E-state index >= 15 is 0 Å². The predicted octanol–water partition coefficient (Wildman–Crippen LogP) is 2.61. The molecule has 10 heteroatoms. The van der Waals surface area contributed by atoms with E-state index in [0.29, 0.717) is 50.5 Å². The van der Waals surface area contributed by atoms with Crippen LogP contribution in [0.5, 0.6) is 6.01 Å². The number of halogens is 3. The lowest BCUT2D eigenvalue weighted by Crippen LogP contribution is -2.43. The maximum Gasteiger partial charge on any atom is 0.319 e. The van der Waals surface area contributed by atoms with Crippen molar-refractivity contribution in [3.05, 3.63) is 17.2 Å². The van der Waals surface area contributed by atoms with E-state index < -0.39 is 12.0 Å². The highest BCUT2D eigenvalue weighted by molar-refractivity contribution is 6.30. The Hall–Kier alpha value is -1.84. The molecular formula is C19H22ClF2N5O2. The summed E-state index contributed by atoms with van der Waals surface area (Å²) in [6, 6.07) is 0.0729. The average molecular weight is 426 g/mol. The zero-order chi connectivity index (χ0) is 20.0. The summed E-state index contributed by atoms with van der Waals surface area (Å²) in [4.78, 5) is 16.9. The molecule has 5 heterocycles. The van der Waals surface area contributed by atoms with Gasteiger partial charge in [0.2, 0.25) is 0 Å². The lowest BCUT2D eigenvalue weighted by atomic mass is 9.95. The molecule has 2 atom stereocenters. The number of aromatic nitrogens is 3. The molecule has 0 bridgehead atoms. The van der Waals surface area contributed by atoms with Crippen molar-refractivity contribution in [2.45, 2.75) is 31.0 Å². The van der Waals surface area contributed by atoms with Crippen LogP contribution in [0.4, 0.5) is 14.6 Å². The molecule has 0 saturated carbocycles. The monoisotopic (exact) mass is 425 g/mol. The second kappa shape index (κ2) is 7.45. The van der Waals surface area contributed by atoms with Crippen LogP contribution in [0.3, 0.4) is 0 Å². The molecule has 156 valence electrons. The van der Waals surface area contributed by atoms with Crippen molar-refractivity contribution in [3.8, 4) is 6.01 Å². The molecule has 0 radical (unpaired) electrons. The number of ether oxygens (including phenoxy) is 2. The minimum Gasteiger partial charge on any atom is -0.461 e. The number of rotatable bonds is 4. The van der Waals surface area contributed by atoms with Crippen LogP contribution >= 0.6 is 11.6 Å². The summed E-state index contributed by atoms with van der Waals surface area (Å²) >= 11 is 5.88. The van der Waals surface area contributed by atoms with Gasteiger partial charge in [0, 0.05) is 32.3 Å². The van der Waals surface area contributed by atoms with Crippen molar-refractivity contribution >= 4 is 28.3 Å². The lowest BCUT2D eigenvalue weighted by Gasteiger charge is -2.31. The zero-order valence-electron chi connectivity index (χ0n) is 15.9. The van der Waals surface area contributed by atoms with Crippen molar-refractivity contribution in [1.29, 1.82) is 0 Å². The van der Waals surface area contributed by atoms with Gasteiger partial charge in [0.15, 0.2) is 11.0 Å². The number of hydrogen-bond acceptors (Lipinski definition) is 7. The highest BCUT2D eigenvalue weighted by Crippen LogP contribution is 2.40. The quantitative estimate of drug-likeness (QED) is 0.698. The molecule has 0 aromatic carbocycles. The van der Waals surface area contributed by atoms with Crippen molar-refractivity contribution in [2.24, 2.45) is 0 Å². The Balaban J connectivity index is 1.49. The largest absolute Gasteiger partial charge is 0.461 e. The van der Waals surface area contributed by atoms with Gasteiger partial charge in [-0.1, -0.05) is 11.6 Å². The van der Waals surface area contributed by atoms with Gasteiger partial charge >= 0.3 is 6.01 Å². The molecule has 2 aromatic rings. The fourth-order valence-electron chi connectivity index (χ4n) is 4.73. The number of pyridine rings is 1. The highest BCUT2D eigenvalue weighted by atomic mass is 35.5. The molecule has 3 fully saturated rings. The predicted molar refractivity (Wildman–Crippen MR) is 104 cm³/mol. The van der Waals surface area contributed by atoms with Crippen molar-refractivity contribution in [3.63, 3.8) is 0 Å². The summed E-state index contributed by atoms with van der Waals surface area (Å²) in [6.07, 6.45) is 2.98. The Morgan fingerprint density at radius 1 is 1.28 bits per heavy atom. The van der Waals surface area contributed by atoms with Crippen LogP contribution in [-0.2, 0) is 4.74 Å². The first-order valence-corrected chi connectivity index (χ1v) is 10.3. The third-order valence-corrected chi connectivity index (χ3v) is 6.41. The fourth-order valence-corrected chi connectivity index (χ4v) is 4.87. The van der Waals surface area contributed by atoms with Gasteiger partial charge in [-0.15, -0.1) is 0 Å². The molecule has 5 rings (SSSR count). The first kappa shape index (κ1) is 19.1. The fraction of sp³-hybridized carbons (Fsp3) is 0.632. The maximum absolute atomic E-state index is 14.7. The van der Waals surface area contributed by atoms with Crippen LogP contribution in [0.25, 0.3) is 10.9 Å². The van der Waals surface area contributed by atoms with Gasteiger partial charge in [0.05, 0.1) is 24.1 Å². The zero-order valence-corrected chi connectivity index (χ0v) is 16.7. The summed E-state index contributed by atoms with van der Waals surface area (Å²) in [7, 11) is 0. The molecule has 7 nitrogen and oxygen atoms in total. The SMILES string of the molecule is Fc1c(Cl)ncc2c(N3CCOCC3)nc(OC[C@@]34CCCN3C[C@H](F)C4)nc12.